The minimum Gasteiger partial charge on any atom is -0.288 e. The van der Waals surface area contributed by atoms with E-state index in [0.29, 0.717) is 35.6 Å². The predicted molar refractivity (Wildman–Crippen MR) is 116 cm³/mol. The average Bonchev–Trinajstić information content (AvgIpc) is 2.76. The number of hydrogen-bond acceptors (Lipinski definition) is 7. The molecule has 0 aliphatic rings. The van der Waals surface area contributed by atoms with Gasteiger partial charge in [0.05, 0.1) is 16.2 Å². The fourth-order valence-corrected chi connectivity index (χ4v) is 3.22. The van der Waals surface area contributed by atoms with Gasteiger partial charge in [-0.3, -0.25) is 34.3 Å². The second kappa shape index (κ2) is 10.4. The number of hydrogen-bond donors (Lipinski definition) is 1. The van der Waals surface area contributed by atoms with E-state index in [9.17, 15) is 38.1 Å². The van der Waals surface area contributed by atoms with Crippen molar-refractivity contribution in [1.82, 2.24) is 9.13 Å². The molecule has 0 saturated carbocycles. The van der Waals surface area contributed by atoms with Crippen LogP contribution in [0, 0.1) is 10.1 Å². The second-order valence-corrected chi connectivity index (χ2v) is 7.29. The third-order valence-electron chi connectivity index (χ3n) is 4.92. The molecule has 0 amide bonds. The monoisotopic (exact) mass is 471 g/mol. The number of benzene rings is 1. The third-order valence-corrected chi connectivity index (χ3v) is 4.92. The molecular weight excluding hydrogens is 447 g/mol. The van der Waals surface area contributed by atoms with E-state index in [4.69, 9.17) is 0 Å². The summed E-state index contributed by atoms with van der Waals surface area (Å²) in [5, 5.41) is 21.5. The predicted octanol–water partition coefficient (Wildman–Crippen LogP) is 3.34. The highest BCUT2D eigenvalue weighted by molar-refractivity contribution is 5.63. The standard InChI is InChI=1S/C20H24F3N5O5/c1-4-7-14-17(25(2)19(30)26(3)18(14)29)24-10-5-6-11-27(31)13-8-9-16(28(32)33)15(12-13)20(21,22)23/h8-10,12,31H,4-7,11H2,1-3H3. The van der Waals surface area contributed by atoms with Crippen LogP contribution >= 0.6 is 0 Å². The lowest BCUT2D eigenvalue weighted by Gasteiger charge is -2.18. The molecule has 1 aromatic carbocycles. The van der Waals surface area contributed by atoms with Gasteiger partial charge in [-0.05, 0) is 31.4 Å². The van der Waals surface area contributed by atoms with Gasteiger partial charge in [0.15, 0.2) is 0 Å². The topological polar surface area (TPSA) is 123 Å². The highest BCUT2D eigenvalue weighted by Crippen LogP contribution is 2.38. The number of nitro benzene ring substituents is 1. The van der Waals surface area contributed by atoms with Crippen molar-refractivity contribution in [3.63, 3.8) is 0 Å². The van der Waals surface area contributed by atoms with Crippen LogP contribution in [0.3, 0.4) is 0 Å². The molecule has 0 fully saturated rings. The summed E-state index contributed by atoms with van der Waals surface area (Å²) in [5.74, 6) is 0.232. The largest absolute Gasteiger partial charge is 0.423 e. The van der Waals surface area contributed by atoms with Crippen LogP contribution in [-0.4, -0.2) is 32.0 Å². The van der Waals surface area contributed by atoms with E-state index in [1.807, 2.05) is 6.92 Å². The fraction of sp³-hybridized carbons (Fsp3) is 0.450. The van der Waals surface area contributed by atoms with E-state index in [-0.39, 0.29) is 30.9 Å². The van der Waals surface area contributed by atoms with Crippen LogP contribution < -0.4 is 16.3 Å². The van der Waals surface area contributed by atoms with Crippen LogP contribution in [0.4, 0.5) is 30.4 Å². The molecule has 0 unspecified atom stereocenters. The van der Waals surface area contributed by atoms with E-state index < -0.39 is 33.6 Å². The zero-order valence-electron chi connectivity index (χ0n) is 18.3. The Bertz CT molecular complexity index is 1170. The van der Waals surface area contributed by atoms with Crippen molar-refractivity contribution in [3.8, 4) is 0 Å². The number of aromatic nitrogens is 2. The smallest absolute Gasteiger partial charge is 0.288 e. The van der Waals surface area contributed by atoms with E-state index >= 15 is 0 Å². The summed E-state index contributed by atoms with van der Waals surface area (Å²) >= 11 is 0. The van der Waals surface area contributed by atoms with Crippen molar-refractivity contribution in [2.45, 2.75) is 38.8 Å². The first-order valence-electron chi connectivity index (χ1n) is 10.0. The lowest BCUT2D eigenvalue weighted by molar-refractivity contribution is -0.388. The van der Waals surface area contributed by atoms with Crippen molar-refractivity contribution >= 4 is 23.4 Å². The molecule has 0 bridgehead atoms. The molecular formula is C20H24F3N5O5. The molecule has 13 heteroatoms. The maximum atomic E-state index is 13.1. The molecule has 1 heterocycles. The summed E-state index contributed by atoms with van der Waals surface area (Å²) in [6.45, 7) is 1.80. The Hall–Kier alpha value is -3.48. The number of nitro groups is 1. The average molecular weight is 471 g/mol. The molecule has 10 nitrogen and oxygen atoms in total. The first-order valence-corrected chi connectivity index (χ1v) is 10.0. The Morgan fingerprint density at radius 1 is 1.24 bits per heavy atom. The van der Waals surface area contributed by atoms with Gasteiger partial charge in [0.2, 0.25) is 0 Å². The van der Waals surface area contributed by atoms with Crippen LogP contribution in [0.2, 0.25) is 0 Å². The first-order chi connectivity index (χ1) is 15.4. The van der Waals surface area contributed by atoms with Gasteiger partial charge in [0.1, 0.15) is 11.4 Å². The number of anilines is 1. The number of unbranched alkanes of at least 4 members (excludes halogenated alkanes) is 1. The van der Waals surface area contributed by atoms with Crippen molar-refractivity contribution in [1.29, 1.82) is 0 Å². The summed E-state index contributed by atoms with van der Waals surface area (Å²) in [5.41, 5.74) is -3.36. The molecule has 0 spiro atoms. The first kappa shape index (κ1) is 25.8. The Morgan fingerprint density at radius 2 is 1.91 bits per heavy atom. The maximum absolute atomic E-state index is 13.1. The van der Waals surface area contributed by atoms with Crippen molar-refractivity contribution in [2.75, 3.05) is 11.6 Å². The van der Waals surface area contributed by atoms with E-state index in [1.54, 1.807) is 0 Å². The maximum Gasteiger partial charge on any atom is 0.423 e. The summed E-state index contributed by atoms with van der Waals surface area (Å²) in [7, 11) is 2.88. The molecule has 0 atom stereocenters. The fourth-order valence-electron chi connectivity index (χ4n) is 3.22. The van der Waals surface area contributed by atoms with Crippen molar-refractivity contribution in [3.05, 3.63) is 60.3 Å². The molecule has 33 heavy (non-hydrogen) atoms. The van der Waals surface area contributed by atoms with Gasteiger partial charge in [-0.15, -0.1) is 0 Å². The third kappa shape index (κ3) is 5.86. The molecule has 2 rings (SSSR count). The normalized spacial score (nSPS) is 11.8. The van der Waals surface area contributed by atoms with E-state index in [1.165, 1.54) is 24.9 Å². The molecule has 0 saturated heterocycles. The van der Waals surface area contributed by atoms with Gasteiger partial charge in [-0.25, -0.2) is 9.79 Å². The highest BCUT2D eigenvalue weighted by atomic mass is 19.4. The summed E-state index contributed by atoms with van der Waals surface area (Å²) < 4.78 is 41.6. The van der Waals surface area contributed by atoms with Crippen LogP contribution in [0.25, 0.3) is 0 Å². The zero-order valence-corrected chi connectivity index (χ0v) is 18.3. The molecule has 0 aliphatic carbocycles. The van der Waals surface area contributed by atoms with Gasteiger partial charge in [0.25, 0.3) is 11.2 Å². The van der Waals surface area contributed by atoms with Crippen LogP contribution in [0.5, 0.6) is 0 Å². The van der Waals surface area contributed by atoms with E-state index in [0.717, 1.165) is 10.6 Å². The Labute approximate surface area is 186 Å². The Kier molecular flexibility index (Phi) is 8.14. The van der Waals surface area contributed by atoms with Crippen LogP contribution in [-0.2, 0) is 26.7 Å². The number of nitrogens with zero attached hydrogens (tertiary/aromatic N) is 5. The Morgan fingerprint density at radius 3 is 2.48 bits per heavy atom. The van der Waals surface area contributed by atoms with Gasteiger partial charge in [0, 0.05) is 32.9 Å². The number of rotatable bonds is 9. The van der Waals surface area contributed by atoms with Crippen LogP contribution in [0.15, 0.2) is 32.8 Å². The quantitative estimate of drug-likeness (QED) is 0.259. The molecule has 2 aromatic rings. The second-order valence-electron chi connectivity index (χ2n) is 7.29. The lowest BCUT2D eigenvalue weighted by atomic mass is 10.1. The van der Waals surface area contributed by atoms with Crippen LogP contribution in [0.1, 0.15) is 37.3 Å². The number of hydroxylamine groups is 1. The summed E-state index contributed by atoms with van der Waals surface area (Å²) in [4.78, 5) is 38.5. The molecule has 0 radical (unpaired) electrons. The zero-order chi connectivity index (χ0) is 24.9. The summed E-state index contributed by atoms with van der Waals surface area (Å²) in [6.07, 6.45) is -1.85. The van der Waals surface area contributed by atoms with Gasteiger partial charge < -0.3 is 0 Å². The molecule has 1 aromatic heterocycles. The number of alkyl halides is 3. The van der Waals surface area contributed by atoms with Gasteiger partial charge in [-0.1, -0.05) is 13.3 Å². The Balaban J connectivity index is 2.13. The molecule has 0 aliphatic heterocycles. The minimum atomic E-state index is -4.95. The number of aliphatic imine (C=N–C) groups is 1. The highest BCUT2D eigenvalue weighted by Gasteiger charge is 2.38. The molecule has 1 N–H and O–H groups in total. The molecule has 180 valence electrons. The number of halogens is 3. The SMILES string of the molecule is CCCc1c(N=CCCCN(O)c2ccc([N+](=O)[O-])c(C(F)(F)F)c2)n(C)c(=O)n(C)c1=O. The van der Waals surface area contributed by atoms with Crippen molar-refractivity contribution < 1.29 is 23.3 Å². The van der Waals surface area contributed by atoms with Gasteiger partial charge >= 0.3 is 11.9 Å². The van der Waals surface area contributed by atoms with Crippen molar-refractivity contribution in [2.24, 2.45) is 19.1 Å². The lowest BCUT2D eigenvalue weighted by Crippen LogP contribution is -2.38. The summed E-state index contributed by atoms with van der Waals surface area (Å²) in [6, 6.07) is 2.22. The van der Waals surface area contributed by atoms with Gasteiger partial charge in [-0.2, -0.15) is 13.2 Å². The minimum absolute atomic E-state index is 0.0849. The van der Waals surface area contributed by atoms with E-state index in [2.05, 4.69) is 4.99 Å².